The molecule has 0 radical (unpaired) electrons. The van der Waals surface area contributed by atoms with Crippen LogP contribution in [0.5, 0.6) is 0 Å². The summed E-state index contributed by atoms with van der Waals surface area (Å²) in [6.07, 6.45) is 5.58. The van der Waals surface area contributed by atoms with Crippen molar-refractivity contribution < 1.29 is 4.79 Å². The second-order valence-corrected chi connectivity index (χ2v) is 9.52. The van der Waals surface area contributed by atoms with Gasteiger partial charge in [0.1, 0.15) is 11.6 Å². The number of hydrogen-bond acceptors (Lipinski definition) is 4. The molecule has 6 heteroatoms. The van der Waals surface area contributed by atoms with E-state index in [0.717, 1.165) is 55.4 Å². The van der Waals surface area contributed by atoms with Crippen LogP contribution in [0.2, 0.25) is 0 Å². The van der Waals surface area contributed by atoms with Crippen LogP contribution in [0.25, 0.3) is 0 Å². The number of piperidine rings is 1. The molecular weight excluding hydrogens is 344 g/mol. The molecule has 1 amide bonds. The second-order valence-electron chi connectivity index (χ2n) is 8.23. The van der Waals surface area contributed by atoms with Gasteiger partial charge in [0.05, 0.1) is 4.88 Å². The molecule has 0 saturated carbocycles. The fraction of sp³-hybridized carbons (Fsp3) is 0.650. The van der Waals surface area contributed by atoms with E-state index < -0.39 is 0 Å². The zero-order valence-corrected chi connectivity index (χ0v) is 16.8. The van der Waals surface area contributed by atoms with Gasteiger partial charge in [-0.25, -0.2) is 0 Å². The van der Waals surface area contributed by atoms with Crippen molar-refractivity contribution in [3.8, 4) is 0 Å². The molecule has 140 valence electrons. The van der Waals surface area contributed by atoms with Crippen molar-refractivity contribution >= 4 is 17.2 Å². The number of aromatic nitrogens is 3. The lowest BCUT2D eigenvalue weighted by Gasteiger charge is -2.41. The highest BCUT2D eigenvalue weighted by molar-refractivity contribution is 7.13. The molecule has 0 aromatic carbocycles. The summed E-state index contributed by atoms with van der Waals surface area (Å²) in [6.45, 7) is 9.22. The molecule has 2 aromatic heterocycles. The van der Waals surface area contributed by atoms with Gasteiger partial charge in [-0.2, -0.15) is 0 Å². The molecule has 2 aliphatic rings. The standard InChI is InChI=1S/C20H28N4OS/c1-14(2)18-22-21-17-6-7-20(10-13-24(17)18)8-11-23(12-9-20)19(25)16-5-4-15(3)26-16/h4-5,14H,6-13H2,1-3H3. The number of fused-ring (bicyclic) bond motifs is 1. The molecule has 1 saturated heterocycles. The van der Waals surface area contributed by atoms with E-state index in [9.17, 15) is 4.79 Å². The van der Waals surface area contributed by atoms with E-state index in [1.807, 2.05) is 12.1 Å². The Hall–Kier alpha value is -1.69. The lowest BCUT2D eigenvalue weighted by Crippen LogP contribution is -2.43. The first-order valence-corrected chi connectivity index (χ1v) is 10.6. The number of aryl methyl sites for hydroxylation is 2. The van der Waals surface area contributed by atoms with Gasteiger partial charge < -0.3 is 9.47 Å². The Kier molecular flexibility index (Phi) is 4.63. The zero-order chi connectivity index (χ0) is 18.3. The molecule has 4 rings (SSSR count). The fourth-order valence-corrected chi connectivity index (χ4v) is 5.28. The minimum absolute atomic E-state index is 0.214. The van der Waals surface area contributed by atoms with Crippen LogP contribution in [0.1, 0.15) is 71.6 Å². The molecule has 4 heterocycles. The fourth-order valence-electron chi connectivity index (χ4n) is 4.45. The maximum atomic E-state index is 12.7. The number of nitrogens with zero attached hydrogens (tertiary/aromatic N) is 4. The maximum absolute atomic E-state index is 12.7. The predicted octanol–water partition coefficient (Wildman–Crippen LogP) is 4.03. The van der Waals surface area contributed by atoms with E-state index in [1.165, 1.54) is 17.7 Å². The highest BCUT2D eigenvalue weighted by Crippen LogP contribution is 2.42. The topological polar surface area (TPSA) is 51.0 Å². The minimum atomic E-state index is 0.214. The van der Waals surface area contributed by atoms with Crippen molar-refractivity contribution in [2.24, 2.45) is 5.41 Å². The summed E-state index contributed by atoms with van der Waals surface area (Å²) < 4.78 is 2.35. The third-order valence-corrected chi connectivity index (χ3v) is 7.17. The van der Waals surface area contributed by atoms with Crippen molar-refractivity contribution in [1.29, 1.82) is 0 Å². The summed E-state index contributed by atoms with van der Waals surface area (Å²) in [5.74, 6) is 2.90. The summed E-state index contributed by atoms with van der Waals surface area (Å²) in [5.41, 5.74) is 0.358. The first-order chi connectivity index (χ1) is 12.5. The van der Waals surface area contributed by atoms with E-state index in [2.05, 4.69) is 40.4 Å². The van der Waals surface area contributed by atoms with Crippen molar-refractivity contribution in [1.82, 2.24) is 19.7 Å². The summed E-state index contributed by atoms with van der Waals surface area (Å²) in [6, 6.07) is 4.01. The molecule has 0 unspecified atom stereocenters. The number of carbonyl (C=O) groups excluding carboxylic acids is 1. The van der Waals surface area contributed by atoms with Crippen LogP contribution in [0.3, 0.4) is 0 Å². The van der Waals surface area contributed by atoms with Crippen LogP contribution in [0.15, 0.2) is 12.1 Å². The molecule has 0 aliphatic carbocycles. The number of hydrogen-bond donors (Lipinski definition) is 0. The normalized spacial score (nSPS) is 19.6. The Morgan fingerprint density at radius 1 is 1.12 bits per heavy atom. The van der Waals surface area contributed by atoms with Crippen LogP contribution >= 0.6 is 11.3 Å². The molecular formula is C20H28N4OS. The molecule has 1 spiro atoms. The summed E-state index contributed by atoms with van der Waals surface area (Å²) >= 11 is 1.61. The molecule has 0 bridgehead atoms. The van der Waals surface area contributed by atoms with E-state index in [4.69, 9.17) is 0 Å². The van der Waals surface area contributed by atoms with Gasteiger partial charge in [-0.05, 0) is 50.2 Å². The molecule has 0 N–H and O–H groups in total. The largest absolute Gasteiger partial charge is 0.338 e. The van der Waals surface area contributed by atoms with E-state index >= 15 is 0 Å². The third-order valence-electron chi connectivity index (χ3n) is 6.18. The van der Waals surface area contributed by atoms with Gasteiger partial charge in [0.25, 0.3) is 5.91 Å². The second kappa shape index (κ2) is 6.80. The molecule has 1 fully saturated rings. The quantitative estimate of drug-likeness (QED) is 0.800. The first kappa shape index (κ1) is 17.7. The SMILES string of the molecule is Cc1ccc(C(=O)N2CCC3(CCc4nnc(C(C)C)n4CC3)CC2)s1. The van der Waals surface area contributed by atoms with Crippen molar-refractivity contribution in [2.75, 3.05) is 13.1 Å². The molecule has 2 aromatic rings. The lowest BCUT2D eigenvalue weighted by molar-refractivity contribution is 0.0539. The number of likely N-dealkylation sites (tertiary alicyclic amines) is 1. The van der Waals surface area contributed by atoms with Crippen LogP contribution in [-0.2, 0) is 13.0 Å². The average Bonchev–Trinajstić information content (AvgIpc) is 3.21. The van der Waals surface area contributed by atoms with Crippen LogP contribution in [0.4, 0.5) is 0 Å². The number of amides is 1. The Morgan fingerprint density at radius 3 is 2.50 bits per heavy atom. The monoisotopic (exact) mass is 372 g/mol. The molecule has 0 atom stereocenters. The third kappa shape index (κ3) is 3.20. The van der Waals surface area contributed by atoms with Crippen LogP contribution in [0, 0.1) is 12.3 Å². The van der Waals surface area contributed by atoms with Crippen LogP contribution < -0.4 is 0 Å². The smallest absolute Gasteiger partial charge is 0.263 e. The zero-order valence-electron chi connectivity index (χ0n) is 16.0. The average molecular weight is 373 g/mol. The summed E-state index contributed by atoms with van der Waals surface area (Å²) in [5, 5.41) is 8.86. The van der Waals surface area contributed by atoms with Gasteiger partial charge in [-0.3, -0.25) is 4.79 Å². The molecule has 26 heavy (non-hydrogen) atoms. The Balaban J connectivity index is 1.42. The highest BCUT2D eigenvalue weighted by Gasteiger charge is 2.38. The lowest BCUT2D eigenvalue weighted by atomic mass is 9.72. The van der Waals surface area contributed by atoms with Crippen molar-refractivity contribution in [3.05, 3.63) is 33.5 Å². The summed E-state index contributed by atoms with van der Waals surface area (Å²) in [7, 11) is 0. The number of carbonyl (C=O) groups is 1. The number of thiophene rings is 1. The minimum Gasteiger partial charge on any atom is -0.338 e. The van der Waals surface area contributed by atoms with Gasteiger partial charge in [-0.1, -0.05) is 13.8 Å². The Labute approximate surface area is 159 Å². The van der Waals surface area contributed by atoms with Crippen molar-refractivity contribution in [3.63, 3.8) is 0 Å². The van der Waals surface area contributed by atoms with Gasteiger partial charge in [0.15, 0.2) is 0 Å². The van der Waals surface area contributed by atoms with E-state index in [1.54, 1.807) is 11.3 Å². The Morgan fingerprint density at radius 2 is 1.85 bits per heavy atom. The maximum Gasteiger partial charge on any atom is 0.263 e. The highest BCUT2D eigenvalue weighted by atomic mass is 32.1. The van der Waals surface area contributed by atoms with Crippen molar-refractivity contribution in [2.45, 2.75) is 65.3 Å². The van der Waals surface area contributed by atoms with Gasteiger partial charge >= 0.3 is 0 Å². The van der Waals surface area contributed by atoms with E-state index in [-0.39, 0.29) is 5.91 Å². The van der Waals surface area contributed by atoms with Crippen LogP contribution in [-0.4, -0.2) is 38.7 Å². The van der Waals surface area contributed by atoms with Gasteiger partial charge in [0, 0.05) is 36.9 Å². The Bertz CT molecular complexity index is 799. The molecule has 2 aliphatic heterocycles. The number of rotatable bonds is 2. The predicted molar refractivity (Wildman–Crippen MR) is 104 cm³/mol. The van der Waals surface area contributed by atoms with Gasteiger partial charge in [0.2, 0.25) is 0 Å². The molecule has 5 nitrogen and oxygen atoms in total. The first-order valence-electron chi connectivity index (χ1n) is 9.75. The van der Waals surface area contributed by atoms with E-state index in [0.29, 0.717) is 11.3 Å². The summed E-state index contributed by atoms with van der Waals surface area (Å²) in [4.78, 5) is 16.9. The van der Waals surface area contributed by atoms with Gasteiger partial charge in [-0.15, -0.1) is 21.5 Å².